The molecule has 1 heterocycles. The molecule has 0 amide bonds. The van der Waals surface area contributed by atoms with E-state index in [1.54, 1.807) is 0 Å². The number of nitrogens with zero attached hydrogens (tertiary/aromatic N) is 1. The van der Waals surface area contributed by atoms with Crippen LogP contribution in [0.4, 0.5) is 0 Å². The molecule has 4 nitrogen and oxygen atoms in total. The molecule has 4 heteroatoms. The average Bonchev–Trinajstić information content (AvgIpc) is 2.69. The van der Waals surface area contributed by atoms with Crippen LogP contribution >= 0.6 is 0 Å². The van der Waals surface area contributed by atoms with Crippen LogP contribution in [0, 0.1) is 5.92 Å². The molecule has 0 aromatic heterocycles. The molecule has 0 bridgehead atoms. The molecule has 0 aliphatic carbocycles. The Morgan fingerprint density at radius 2 is 2.14 bits per heavy atom. The van der Waals surface area contributed by atoms with Crippen molar-refractivity contribution < 1.29 is 9.53 Å². The second-order valence-corrected chi connectivity index (χ2v) is 6.73. The first-order valence-electron chi connectivity index (χ1n) is 8.57. The van der Waals surface area contributed by atoms with Crippen molar-refractivity contribution in [3.05, 3.63) is 0 Å². The first kappa shape index (κ1) is 18.4. The number of carbonyl (C=O) groups is 1. The number of carbonyl (C=O) groups excluding carboxylic acids is 1. The van der Waals surface area contributed by atoms with Gasteiger partial charge in [-0.1, -0.05) is 13.8 Å². The maximum Gasteiger partial charge on any atom is 0.325 e. The van der Waals surface area contributed by atoms with Gasteiger partial charge in [0.1, 0.15) is 5.54 Å². The highest BCUT2D eigenvalue weighted by Crippen LogP contribution is 2.19. The lowest BCUT2D eigenvalue weighted by Gasteiger charge is -2.29. The Morgan fingerprint density at radius 1 is 1.38 bits per heavy atom. The number of ether oxygens (including phenoxy) is 1. The lowest BCUT2D eigenvalue weighted by atomic mass is 9.95. The van der Waals surface area contributed by atoms with Gasteiger partial charge in [0.2, 0.25) is 0 Å². The van der Waals surface area contributed by atoms with Crippen molar-refractivity contribution in [3.63, 3.8) is 0 Å². The smallest absolute Gasteiger partial charge is 0.325 e. The summed E-state index contributed by atoms with van der Waals surface area (Å²) in [4.78, 5) is 14.6. The Morgan fingerprint density at radius 3 is 2.81 bits per heavy atom. The maximum absolute atomic E-state index is 12.0. The fourth-order valence-electron chi connectivity index (χ4n) is 3.09. The molecule has 0 saturated carbocycles. The predicted molar refractivity (Wildman–Crippen MR) is 87.4 cm³/mol. The lowest BCUT2D eigenvalue weighted by Crippen LogP contribution is -2.50. The van der Waals surface area contributed by atoms with Crippen LogP contribution in [0.1, 0.15) is 59.3 Å². The molecular formula is C17H34N2O2. The quantitative estimate of drug-likeness (QED) is 0.700. The summed E-state index contributed by atoms with van der Waals surface area (Å²) >= 11 is 0. The van der Waals surface area contributed by atoms with Crippen LogP contribution in [0.3, 0.4) is 0 Å². The minimum atomic E-state index is -0.538. The topological polar surface area (TPSA) is 41.6 Å². The molecule has 1 aliphatic rings. The lowest BCUT2D eigenvalue weighted by molar-refractivity contribution is -0.148. The summed E-state index contributed by atoms with van der Waals surface area (Å²) in [5, 5.41) is 3.36. The van der Waals surface area contributed by atoms with E-state index in [0.717, 1.165) is 38.3 Å². The standard InChI is InChI=1S/C17H34N2O2/c1-5-11-18-17(3,16(20)21-4)10-7-13-19-12-6-8-15(2)9-14-19/h15,18H,5-14H2,1-4H3. The molecule has 0 aromatic carbocycles. The molecule has 1 aliphatic heterocycles. The van der Waals surface area contributed by atoms with Gasteiger partial charge in [-0.05, 0) is 77.5 Å². The van der Waals surface area contributed by atoms with Gasteiger partial charge in [0, 0.05) is 0 Å². The third-order valence-corrected chi connectivity index (χ3v) is 4.66. The number of rotatable bonds is 8. The van der Waals surface area contributed by atoms with Crippen LogP contribution in [-0.2, 0) is 9.53 Å². The van der Waals surface area contributed by atoms with Crippen molar-refractivity contribution in [2.24, 2.45) is 5.92 Å². The second kappa shape index (κ2) is 9.42. The van der Waals surface area contributed by atoms with E-state index in [-0.39, 0.29) is 5.97 Å². The molecule has 21 heavy (non-hydrogen) atoms. The first-order chi connectivity index (χ1) is 10.0. The van der Waals surface area contributed by atoms with Crippen molar-refractivity contribution >= 4 is 5.97 Å². The van der Waals surface area contributed by atoms with Crippen LogP contribution < -0.4 is 5.32 Å². The molecule has 2 unspecified atom stereocenters. The second-order valence-electron chi connectivity index (χ2n) is 6.73. The summed E-state index contributed by atoms with van der Waals surface area (Å²) in [5.41, 5.74) is -0.538. The molecule has 2 atom stereocenters. The van der Waals surface area contributed by atoms with E-state index in [9.17, 15) is 4.79 Å². The Labute approximate surface area is 130 Å². The maximum atomic E-state index is 12.0. The van der Waals surface area contributed by atoms with Gasteiger partial charge in [-0.25, -0.2) is 0 Å². The van der Waals surface area contributed by atoms with E-state index in [1.807, 2.05) is 6.92 Å². The number of esters is 1. The van der Waals surface area contributed by atoms with Gasteiger partial charge in [0.15, 0.2) is 0 Å². The fraction of sp³-hybridized carbons (Fsp3) is 0.941. The largest absolute Gasteiger partial charge is 0.468 e. The molecule has 1 fully saturated rings. The number of methoxy groups -OCH3 is 1. The van der Waals surface area contributed by atoms with Crippen LogP contribution in [-0.4, -0.2) is 49.7 Å². The van der Waals surface area contributed by atoms with Crippen LogP contribution in [0.2, 0.25) is 0 Å². The molecule has 124 valence electrons. The Hall–Kier alpha value is -0.610. The minimum absolute atomic E-state index is 0.138. The van der Waals surface area contributed by atoms with Crippen molar-refractivity contribution in [2.75, 3.05) is 33.3 Å². The summed E-state index contributed by atoms with van der Waals surface area (Å²) in [6.45, 7) is 10.8. The molecule has 0 aromatic rings. The van der Waals surface area contributed by atoms with Gasteiger partial charge in [-0.3, -0.25) is 4.79 Å². The zero-order valence-corrected chi connectivity index (χ0v) is 14.4. The monoisotopic (exact) mass is 298 g/mol. The SMILES string of the molecule is CCCNC(C)(CCCN1CCCC(C)CC1)C(=O)OC. The van der Waals surface area contributed by atoms with Gasteiger partial charge in [0.25, 0.3) is 0 Å². The van der Waals surface area contributed by atoms with E-state index < -0.39 is 5.54 Å². The van der Waals surface area contributed by atoms with E-state index in [4.69, 9.17) is 4.74 Å². The summed E-state index contributed by atoms with van der Waals surface area (Å²) in [5.74, 6) is 0.724. The van der Waals surface area contributed by atoms with Gasteiger partial charge < -0.3 is 15.0 Å². The van der Waals surface area contributed by atoms with Crippen molar-refractivity contribution in [1.29, 1.82) is 0 Å². The third kappa shape index (κ3) is 6.35. The van der Waals surface area contributed by atoms with Gasteiger partial charge in [0.05, 0.1) is 7.11 Å². The molecule has 1 saturated heterocycles. The number of hydrogen-bond acceptors (Lipinski definition) is 4. The number of hydrogen-bond donors (Lipinski definition) is 1. The summed E-state index contributed by atoms with van der Waals surface area (Å²) in [6.07, 6.45) is 6.87. The Kier molecular flexibility index (Phi) is 8.27. The zero-order chi connectivity index (χ0) is 15.7. The number of likely N-dealkylation sites (tertiary alicyclic amines) is 1. The van der Waals surface area contributed by atoms with Crippen molar-refractivity contribution in [2.45, 2.75) is 64.8 Å². The van der Waals surface area contributed by atoms with E-state index in [0.29, 0.717) is 0 Å². The predicted octanol–water partition coefficient (Wildman–Crippen LogP) is 2.82. The van der Waals surface area contributed by atoms with Gasteiger partial charge in [-0.2, -0.15) is 0 Å². The molecular weight excluding hydrogens is 264 g/mol. The molecule has 1 N–H and O–H groups in total. The Bertz CT molecular complexity index is 309. The van der Waals surface area contributed by atoms with E-state index in [1.165, 1.54) is 39.5 Å². The number of nitrogens with one attached hydrogen (secondary N) is 1. The third-order valence-electron chi connectivity index (χ3n) is 4.66. The highest BCUT2D eigenvalue weighted by Gasteiger charge is 2.33. The molecule has 0 radical (unpaired) electrons. The first-order valence-corrected chi connectivity index (χ1v) is 8.57. The van der Waals surface area contributed by atoms with E-state index >= 15 is 0 Å². The molecule has 1 rings (SSSR count). The van der Waals surface area contributed by atoms with Crippen LogP contribution in [0.5, 0.6) is 0 Å². The Balaban J connectivity index is 2.40. The normalized spacial score (nSPS) is 23.3. The highest BCUT2D eigenvalue weighted by atomic mass is 16.5. The summed E-state index contributed by atoms with van der Waals surface area (Å²) in [6, 6.07) is 0. The van der Waals surface area contributed by atoms with Crippen molar-refractivity contribution in [1.82, 2.24) is 10.2 Å². The van der Waals surface area contributed by atoms with Gasteiger partial charge in [-0.15, -0.1) is 0 Å². The minimum Gasteiger partial charge on any atom is -0.468 e. The summed E-state index contributed by atoms with van der Waals surface area (Å²) < 4.78 is 4.97. The molecule has 0 spiro atoms. The average molecular weight is 298 g/mol. The fourth-order valence-corrected chi connectivity index (χ4v) is 3.09. The zero-order valence-electron chi connectivity index (χ0n) is 14.4. The van der Waals surface area contributed by atoms with Crippen LogP contribution in [0.25, 0.3) is 0 Å². The summed E-state index contributed by atoms with van der Waals surface area (Å²) in [7, 11) is 1.48. The van der Waals surface area contributed by atoms with Crippen LogP contribution in [0.15, 0.2) is 0 Å². The highest BCUT2D eigenvalue weighted by molar-refractivity contribution is 5.80. The van der Waals surface area contributed by atoms with E-state index in [2.05, 4.69) is 24.1 Å². The van der Waals surface area contributed by atoms with Gasteiger partial charge >= 0.3 is 5.97 Å². The van der Waals surface area contributed by atoms with Crippen molar-refractivity contribution in [3.8, 4) is 0 Å².